The number of pyridine rings is 1. The number of allylic oxidation sites excluding steroid dienone is 1. The molecule has 1 atom stereocenters. The Bertz CT molecular complexity index is 1090. The summed E-state index contributed by atoms with van der Waals surface area (Å²) in [6, 6.07) is 6.32. The molecule has 3 aromatic rings. The van der Waals surface area contributed by atoms with Gasteiger partial charge in [-0.25, -0.2) is 4.52 Å². The van der Waals surface area contributed by atoms with Crippen LogP contribution >= 0.6 is 0 Å². The number of aromatic nitrogens is 4. The number of hydrogen-bond acceptors (Lipinski definition) is 6. The number of aliphatic hydroxyl groups is 1. The lowest BCUT2D eigenvalue weighted by Crippen LogP contribution is -2.48. The molecule has 0 unspecified atom stereocenters. The summed E-state index contributed by atoms with van der Waals surface area (Å²) in [6.07, 6.45) is 7.26. The van der Waals surface area contributed by atoms with Gasteiger partial charge < -0.3 is 15.2 Å². The van der Waals surface area contributed by atoms with E-state index in [0.717, 1.165) is 16.8 Å². The SMILES string of the molecule is COc1nc(NC2CC(C)(O)C2)nn2ccc(C3=Cc4ncccc4[C@H]3C)c12. The van der Waals surface area contributed by atoms with E-state index in [1.54, 1.807) is 7.11 Å². The van der Waals surface area contributed by atoms with Crippen molar-refractivity contribution in [2.24, 2.45) is 0 Å². The molecule has 2 aliphatic carbocycles. The van der Waals surface area contributed by atoms with Crippen LogP contribution in [0, 0.1) is 0 Å². The van der Waals surface area contributed by atoms with Crippen molar-refractivity contribution in [1.82, 2.24) is 19.6 Å². The molecular formula is C21H23N5O2. The predicted molar refractivity (Wildman–Crippen MR) is 107 cm³/mol. The van der Waals surface area contributed by atoms with E-state index in [4.69, 9.17) is 4.74 Å². The number of nitrogens with one attached hydrogen (secondary N) is 1. The molecule has 1 fully saturated rings. The van der Waals surface area contributed by atoms with Gasteiger partial charge in [-0.05, 0) is 49.1 Å². The Labute approximate surface area is 163 Å². The maximum atomic E-state index is 9.94. The summed E-state index contributed by atoms with van der Waals surface area (Å²) in [5.41, 5.74) is 4.74. The summed E-state index contributed by atoms with van der Waals surface area (Å²) in [6.45, 7) is 4.03. The molecule has 1 saturated carbocycles. The van der Waals surface area contributed by atoms with Crippen molar-refractivity contribution in [3.63, 3.8) is 0 Å². The molecule has 28 heavy (non-hydrogen) atoms. The summed E-state index contributed by atoms with van der Waals surface area (Å²) < 4.78 is 7.42. The van der Waals surface area contributed by atoms with E-state index in [2.05, 4.69) is 45.5 Å². The van der Waals surface area contributed by atoms with Gasteiger partial charge in [0.05, 0.1) is 18.4 Å². The molecule has 7 heteroatoms. The van der Waals surface area contributed by atoms with Crippen LogP contribution in [0.15, 0.2) is 30.6 Å². The molecule has 2 aliphatic rings. The molecule has 0 spiro atoms. The number of anilines is 1. The van der Waals surface area contributed by atoms with Gasteiger partial charge >= 0.3 is 0 Å². The predicted octanol–water partition coefficient (Wildman–Crippen LogP) is 3.12. The zero-order valence-corrected chi connectivity index (χ0v) is 16.2. The fraction of sp³-hybridized carbons (Fsp3) is 0.381. The number of fused-ring (bicyclic) bond motifs is 2. The lowest BCUT2D eigenvalue weighted by atomic mass is 9.77. The first-order chi connectivity index (χ1) is 13.4. The van der Waals surface area contributed by atoms with Gasteiger partial charge in [-0.3, -0.25) is 4.98 Å². The van der Waals surface area contributed by atoms with Gasteiger partial charge in [0.25, 0.3) is 0 Å². The van der Waals surface area contributed by atoms with Crippen LogP contribution in [0.2, 0.25) is 0 Å². The van der Waals surface area contributed by atoms with E-state index in [1.165, 1.54) is 11.1 Å². The second kappa shape index (κ2) is 6.04. The highest BCUT2D eigenvalue weighted by Gasteiger charge is 2.38. The van der Waals surface area contributed by atoms with Crippen LogP contribution in [0.25, 0.3) is 17.2 Å². The molecule has 5 rings (SSSR count). The maximum Gasteiger partial charge on any atom is 0.244 e. The summed E-state index contributed by atoms with van der Waals surface area (Å²) in [5, 5.41) is 17.8. The molecule has 3 heterocycles. The quantitative estimate of drug-likeness (QED) is 0.727. The molecule has 0 aliphatic heterocycles. The molecule has 3 aromatic heterocycles. The Morgan fingerprint density at radius 1 is 1.32 bits per heavy atom. The zero-order valence-electron chi connectivity index (χ0n) is 16.2. The molecular weight excluding hydrogens is 354 g/mol. The van der Waals surface area contributed by atoms with Crippen LogP contribution in [0.4, 0.5) is 5.95 Å². The van der Waals surface area contributed by atoms with Crippen molar-refractivity contribution in [2.45, 2.75) is 44.2 Å². The summed E-state index contributed by atoms with van der Waals surface area (Å²) >= 11 is 0. The van der Waals surface area contributed by atoms with Crippen molar-refractivity contribution >= 4 is 23.1 Å². The van der Waals surface area contributed by atoms with Gasteiger partial charge in [0.1, 0.15) is 5.52 Å². The van der Waals surface area contributed by atoms with Crippen molar-refractivity contribution in [3.05, 3.63) is 47.4 Å². The molecule has 0 bridgehead atoms. The first kappa shape index (κ1) is 17.2. The Morgan fingerprint density at radius 3 is 2.86 bits per heavy atom. The van der Waals surface area contributed by atoms with Crippen LogP contribution in [0.5, 0.6) is 5.88 Å². The van der Waals surface area contributed by atoms with Gasteiger partial charge in [-0.2, -0.15) is 4.98 Å². The highest BCUT2D eigenvalue weighted by Crippen LogP contribution is 2.43. The lowest BCUT2D eigenvalue weighted by Gasteiger charge is -2.41. The monoisotopic (exact) mass is 377 g/mol. The van der Waals surface area contributed by atoms with E-state index >= 15 is 0 Å². The smallest absolute Gasteiger partial charge is 0.244 e. The second-order valence-corrected chi connectivity index (χ2v) is 8.01. The third-order valence-electron chi connectivity index (χ3n) is 5.79. The third kappa shape index (κ3) is 2.65. The maximum absolute atomic E-state index is 9.94. The zero-order chi connectivity index (χ0) is 19.5. The highest BCUT2D eigenvalue weighted by atomic mass is 16.5. The van der Waals surface area contributed by atoms with E-state index in [0.29, 0.717) is 24.7 Å². The number of hydrogen-bond donors (Lipinski definition) is 2. The minimum Gasteiger partial charge on any atom is -0.479 e. The summed E-state index contributed by atoms with van der Waals surface area (Å²) in [5.74, 6) is 1.28. The summed E-state index contributed by atoms with van der Waals surface area (Å²) in [4.78, 5) is 9.07. The number of methoxy groups -OCH3 is 1. The van der Waals surface area contributed by atoms with Gasteiger partial charge in [0, 0.05) is 29.9 Å². The fourth-order valence-corrected chi connectivity index (χ4v) is 4.38. The Kier molecular flexibility index (Phi) is 3.71. The van der Waals surface area contributed by atoms with Crippen LogP contribution in [-0.4, -0.2) is 43.4 Å². The van der Waals surface area contributed by atoms with Crippen LogP contribution < -0.4 is 10.1 Å². The van der Waals surface area contributed by atoms with E-state index < -0.39 is 5.60 Å². The first-order valence-corrected chi connectivity index (χ1v) is 9.54. The van der Waals surface area contributed by atoms with Gasteiger partial charge in [-0.15, -0.1) is 5.10 Å². The molecule has 2 N–H and O–H groups in total. The van der Waals surface area contributed by atoms with Gasteiger partial charge in [0.15, 0.2) is 0 Å². The van der Waals surface area contributed by atoms with Crippen molar-refractivity contribution < 1.29 is 9.84 Å². The average molecular weight is 377 g/mol. The van der Waals surface area contributed by atoms with Crippen LogP contribution in [0.1, 0.15) is 49.4 Å². The topological polar surface area (TPSA) is 84.6 Å². The second-order valence-electron chi connectivity index (χ2n) is 8.01. The summed E-state index contributed by atoms with van der Waals surface area (Å²) in [7, 11) is 1.62. The van der Waals surface area contributed by atoms with Crippen LogP contribution in [-0.2, 0) is 0 Å². The molecule has 0 aromatic carbocycles. The lowest BCUT2D eigenvalue weighted by molar-refractivity contribution is -0.0236. The highest BCUT2D eigenvalue weighted by molar-refractivity contribution is 5.96. The normalized spacial score (nSPS) is 25.9. The first-order valence-electron chi connectivity index (χ1n) is 9.54. The Balaban J connectivity index is 1.52. The number of rotatable bonds is 4. The number of ether oxygens (including phenoxy) is 1. The van der Waals surface area contributed by atoms with E-state index in [9.17, 15) is 5.11 Å². The van der Waals surface area contributed by atoms with Crippen molar-refractivity contribution in [1.29, 1.82) is 0 Å². The van der Waals surface area contributed by atoms with E-state index in [1.807, 2.05) is 29.9 Å². The number of nitrogens with zero attached hydrogens (tertiary/aromatic N) is 4. The van der Waals surface area contributed by atoms with Crippen LogP contribution in [0.3, 0.4) is 0 Å². The molecule has 7 nitrogen and oxygen atoms in total. The standard InChI is InChI=1S/C21H23N5O2/c1-12-14-5-4-7-22-17(14)9-16(12)15-6-8-26-18(15)19(28-3)24-20(25-26)23-13-10-21(2,27)11-13/h4-9,12-13,27H,10-11H2,1-3H3,(H,23,25)/t12-,13?,21?/m1/s1. The Hall–Kier alpha value is -2.93. The van der Waals surface area contributed by atoms with Crippen molar-refractivity contribution in [2.75, 3.05) is 12.4 Å². The Morgan fingerprint density at radius 2 is 2.14 bits per heavy atom. The minimum absolute atomic E-state index is 0.172. The molecule has 0 radical (unpaired) electrons. The fourth-order valence-electron chi connectivity index (χ4n) is 4.38. The van der Waals surface area contributed by atoms with Gasteiger partial charge in [0.2, 0.25) is 11.8 Å². The minimum atomic E-state index is -0.597. The van der Waals surface area contributed by atoms with E-state index in [-0.39, 0.29) is 12.0 Å². The van der Waals surface area contributed by atoms with Gasteiger partial charge in [-0.1, -0.05) is 13.0 Å². The molecule has 0 saturated heterocycles. The average Bonchev–Trinajstić information content (AvgIpc) is 3.21. The van der Waals surface area contributed by atoms with Crippen molar-refractivity contribution in [3.8, 4) is 5.88 Å². The third-order valence-corrected chi connectivity index (χ3v) is 5.79. The molecule has 0 amide bonds. The molecule has 144 valence electrons. The largest absolute Gasteiger partial charge is 0.479 e.